The van der Waals surface area contributed by atoms with E-state index >= 15 is 0 Å². The summed E-state index contributed by atoms with van der Waals surface area (Å²) in [6.45, 7) is -1.17. The topological polar surface area (TPSA) is 145 Å². The first kappa shape index (κ1) is 24.6. The van der Waals surface area contributed by atoms with Gasteiger partial charge in [-0.05, 0) is 12.1 Å². The van der Waals surface area contributed by atoms with Crippen molar-refractivity contribution >= 4 is 11.7 Å². The van der Waals surface area contributed by atoms with Gasteiger partial charge in [-0.1, -0.05) is 11.2 Å². The third-order valence-electron chi connectivity index (χ3n) is 5.02. The van der Waals surface area contributed by atoms with Crippen molar-refractivity contribution in [2.75, 3.05) is 11.9 Å². The molecule has 0 aliphatic rings. The van der Waals surface area contributed by atoms with Crippen LogP contribution in [-0.4, -0.2) is 48.6 Å². The fraction of sp³-hybridized carbons (Fsp3) is 0.190. The van der Waals surface area contributed by atoms with Crippen molar-refractivity contribution in [3.63, 3.8) is 0 Å². The fourth-order valence-electron chi connectivity index (χ4n) is 3.21. The number of carbonyl (C=O) groups excluding carboxylic acids is 1. The van der Waals surface area contributed by atoms with Crippen LogP contribution in [0.15, 0.2) is 47.3 Å². The van der Waals surface area contributed by atoms with E-state index in [9.17, 15) is 31.9 Å². The third kappa shape index (κ3) is 5.24. The number of nitrogens with two attached hydrogens (primary N) is 1. The summed E-state index contributed by atoms with van der Waals surface area (Å²) < 4.78 is 73.7. The Balaban J connectivity index is 1.67. The van der Waals surface area contributed by atoms with Crippen LogP contribution < -0.4 is 11.1 Å². The predicted octanol–water partition coefficient (Wildman–Crippen LogP) is 3.10. The first-order valence-corrected chi connectivity index (χ1v) is 10.1. The van der Waals surface area contributed by atoms with Gasteiger partial charge in [0.25, 0.3) is 0 Å². The lowest BCUT2D eigenvalue weighted by Crippen LogP contribution is -2.40. The highest BCUT2D eigenvalue weighted by molar-refractivity contribution is 5.78. The Hall–Kier alpha value is -4.56. The molecule has 1 amide bonds. The minimum absolute atomic E-state index is 0.0532. The monoisotopic (exact) mass is 509 g/mol. The molecule has 0 aliphatic carbocycles. The number of rotatable bonds is 8. The largest absolute Gasteiger partial charge is 0.508 e. The van der Waals surface area contributed by atoms with Crippen molar-refractivity contribution in [3.05, 3.63) is 60.0 Å². The van der Waals surface area contributed by atoms with E-state index in [0.29, 0.717) is 17.6 Å². The maximum Gasteiger partial charge on any atom is 0.402 e. The molecule has 188 valence electrons. The molecule has 4 aromatic rings. The van der Waals surface area contributed by atoms with Gasteiger partial charge < -0.3 is 20.7 Å². The van der Waals surface area contributed by atoms with Gasteiger partial charge in [0.1, 0.15) is 29.2 Å². The van der Waals surface area contributed by atoms with Gasteiger partial charge in [-0.2, -0.15) is 18.3 Å². The van der Waals surface area contributed by atoms with E-state index in [1.165, 1.54) is 35.2 Å². The first-order chi connectivity index (χ1) is 17.0. The number of aromatic hydroxyl groups is 1. The molecule has 0 spiro atoms. The van der Waals surface area contributed by atoms with Crippen LogP contribution in [0.1, 0.15) is 5.56 Å². The zero-order valence-electron chi connectivity index (χ0n) is 18.0. The van der Waals surface area contributed by atoms with E-state index in [-0.39, 0.29) is 29.4 Å². The second-order valence-electron chi connectivity index (χ2n) is 7.50. The smallest absolute Gasteiger partial charge is 0.402 e. The molecular formula is C21H16F5N7O3. The number of nitrogens with one attached hydrogen (secondary N) is 1. The lowest BCUT2D eigenvalue weighted by Gasteiger charge is -2.17. The Kier molecular flexibility index (Phi) is 6.55. The van der Waals surface area contributed by atoms with Crippen molar-refractivity contribution < 1.29 is 36.4 Å². The Morgan fingerprint density at radius 1 is 1.17 bits per heavy atom. The molecule has 0 radical (unpaired) electrons. The van der Waals surface area contributed by atoms with Gasteiger partial charge in [-0.3, -0.25) is 9.48 Å². The van der Waals surface area contributed by atoms with E-state index in [1.807, 2.05) is 0 Å². The first-order valence-electron chi connectivity index (χ1n) is 10.1. The number of primary amides is 1. The van der Waals surface area contributed by atoms with Crippen LogP contribution in [0.4, 0.5) is 27.8 Å². The minimum atomic E-state index is -4.94. The van der Waals surface area contributed by atoms with Crippen LogP contribution in [0.3, 0.4) is 0 Å². The van der Waals surface area contributed by atoms with Gasteiger partial charge >= 0.3 is 6.18 Å². The Morgan fingerprint density at radius 3 is 2.58 bits per heavy atom. The second kappa shape index (κ2) is 9.59. The highest BCUT2D eigenvalue weighted by Gasteiger charge is 2.43. The standard InChI is InChI=1S/C21H16F5N7O3/c22-13-5-11(34)2-1-10(13)9-33-17(15-3-4-36-32-15)6-16(31-33)20-29-8-14(23)19(30-20)28-7-12(18(27)35)21(24,25)26/h1-6,8,12,34H,7,9H2,(H2,27,35)(H,28,29,30). The molecule has 1 aromatic carbocycles. The lowest BCUT2D eigenvalue weighted by atomic mass is 10.1. The number of alkyl halides is 3. The molecule has 36 heavy (non-hydrogen) atoms. The molecule has 0 fully saturated rings. The summed E-state index contributed by atoms with van der Waals surface area (Å²) in [5, 5.41) is 19.7. The number of halogens is 5. The van der Waals surface area contributed by atoms with Crippen molar-refractivity contribution in [1.29, 1.82) is 0 Å². The maximum atomic E-state index is 14.3. The Morgan fingerprint density at radius 2 is 1.94 bits per heavy atom. The number of amides is 1. The molecule has 0 aliphatic heterocycles. The van der Waals surface area contributed by atoms with Crippen LogP contribution >= 0.6 is 0 Å². The molecule has 15 heteroatoms. The highest BCUT2D eigenvalue weighted by Crippen LogP contribution is 2.28. The molecule has 10 nitrogen and oxygen atoms in total. The summed E-state index contributed by atoms with van der Waals surface area (Å²) in [6, 6.07) is 6.51. The summed E-state index contributed by atoms with van der Waals surface area (Å²) in [5.41, 5.74) is 5.66. The van der Waals surface area contributed by atoms with E-state index in [1.54, 1.807) is 0 Å². The number of nitrogens with zero attached hydrogens (tertiary/aromatic N) is 5. The SMILES string of the molecule is NC(=O)C(CNc1nc(-c2cc(-c3ccon3)n(Cc3ccc(O)cc3F)n2)ncc1F)C(F)(F)F. The average Bonchev–Trinajstić information content (AvgIpc) is 3.46. The zero-order valence-corrected chi connectivity index (χ0v) is 18.0. The number of anilines is 1. The van der Waals surface area contributed by atoms with Crippen LogP contribution in [0.25, 0.3) is 22.9 Å². The average molecular weight is 509 g/mol. The molecular weight excluding hydrogens is 493 g/mol. The van der Waals surface area contributed by atoms with Gasteiger partial charge in [0.05, 0.1) is 18.4 Å². The number of hydrogen-bond acceptors (Lipinski definition) is 8. The van der Waals surface area contributed by atoms with Crippen LogP contribution in [0.2, 0.25) is 0 Å². The second-order valence-corrected chi connectivity index (χ2v) is 7.50. The van der Waals surface area contributed by atoms with Gasteiger partial charge in [-0.15, -0.1) is 0 Å². The minimum Gasteiger partial charge on any atom is -0.508 e. The molecule has 3 aromatic heterocycles. The zero-order chi connectivity index (χ0) is 26.0. The van der Waals surface area contributed by atoms with Crippen molar-refractivity contribution in [3.8, 4) is 28.7 Å². The summed E-state index contributed by atoms with van der Waals surface area (Å²) >= 11 is 0. The van der Waals surface area contributed by atoms with Crippen molar-refractivity contribution in [2.45, 2.75) is 12.7 Å². The molecule has 1 unspecified atom stereocenters. The molecule has 0 bridgehead atoms. The Labute approximate surface area is 198 Å². The van der Waals surface area contributed by atoms with Crippen LogP contribution in [0, 0.1) is 17.6 Å². The molecule has 1 atom stereocenters. The van der Waals surface area contributed by atoms with E-state index in [2.05, 4.69) is 25.5 Å². The lowest BCUT2D eigenvalue weighted by molar-refractivity contribution is -0.177. The number of phenolic OH excluding ortho intramolecular Hbond substituents is 1. The van der Waals surface area contributed by atoms with Crippen molar-refractivity contribution in [2.24, 2.45) is 11.7 Å². The summed E-state index contributed by atoms with van der Waals surface area (Å²) in [4.78, 5) is 18.9. The molecule has 0 saturated heterocycles. The van der Waals surface area contributed by atoms with Crippen molar-refractivity contribution in [1.82, 2.24) is 24.9 Å². The normalized spacial score (nSPS) is 12.5. The van der Waals surface area contributed by atoms with E-state index in [4.69, 9.17) is 10.3 Å². The highest BCUT2D eigenvalue weighted by atomic mass is 19.4. The fourth-order valence-corrected chi connectivity index (χ4v) is 3.21. The van der Waals surface area contributed by atoms with Gasteiger partial charge in [0.2, 0.25) is 5.91 Å². The summed E-state index contributed by atoms with van der Waals surface area (Å²) in [7, 11) is 0. The number of benzene rings is 1. The molecule has 4 rings (SSSR count). The number of phenols is 1. The summed E-state index contributed by atoms with van der Waals surface area (Å²) in [6.07, 6.45) is -2.94. The quantitative estimate of drug-likeness (QED) is 0.307. The molecule has 4 N–H and O–H groups in total. The third-order valence-corrected chi connectivity index (χ3v) is 5.02. The number of hydrogen-bond donors (Lipinski definition) is 3. The maximum absolute atomic E-state index is 14.3. The van der Waals surface area contributed by atoms with E-state index in [0.717, 1.165) is 6.07 Å². The predicted molar refractivity (Wildman–Crippen MR) is 113 cm³/mol. The van der Waals surface area contributed by atoms with Gasteiger partial charge in [0, 0.05) is 24.2 Å². The number of carbonyl (C=O) groups is 1. The van der Waals surface area contributed by atoms with Crippen LogP contribution in [0.5, 0.6) is 5.75 Å². The number of aromatic nitrogens is 5. The summed E-state index contributed by atoms with van der Waals surface area (Å²) in [5.74, 6) is -7.05. The van der Waals surface area contributed by atoms with Crippen LogP contribution in [-0.2, 0) is 11.3 Å². The van der Waals surface area contributed by atoms with E-state index < -0.39 is 42.0 Å². The molecule has 0 saturated carbocycles. The Bertz CT molecular complexity index is 1390. The molecule has 3 heterocycles. The van der Waals surface area contributed by atoms with Gasteiger partial charge in [-0.25, -0.2) is 18.7 Å². The van der Waals surface area contributed by atoms with Gasteiger partial charge in [0.15, 0.2) is 23.4 Å².